The molecular formula is C12H19NO2. The lowest BCUT2D eigenvalue weighted by atomic mass is 10.2. The molecule has 0 aromatic heterocycles. The molecule has 15 heavy (non-hydrogen) atoms. The van der Waals surface area contributed by atoms with Crippen LogP contribution in [0.15, 0.2) is 24.3 Å². The van der Waals surface area contributed by atoms with Crippen molar-refractivity contribution in [3.05, 3.63) is 29.8 Å². The first-order valence-electron chi connectivity index (χ1n) is 5.25. The zero-order valence-electron chi connectivity index (χ0n) is 9.44. The molecule has 0 fully saturated rings. The molecule has 0 bridgehead atoms. The summed E-state index contributed by atoms with van der Waals surface area (Å²) in [4.78, 5) is 2.30. The average molecular weight is 209 g/mol. The normalized spacial score (nSPS) is 10.9. The Bertz CT molecular complexity index is 271. The van der Waals surface area contributed by atoms with Crippen LogP contribution >= 0.6 is 0 Å². The van der Waals surface area contributed by atoms with Crippen molar-refractivity contribution < 1.29 is 9.84 Å². The van der Waals surface area contributed by atoms with Crippen molar-refractivity contribution in [2.45, 2.75) is 13.5 Å². The van der Waals surface area contributed by atoms with Crippen LogP contribution < -0.4 is 0 Å². The SMILES string of the molecule is CCN(CCOC)Cc1ccc(O)cc1. The number of hydrogen-bond acceptors (Lipinski definition) is 3. The van der Waals surface area contributed by atoms with Gasteiger partial charge < -0.3 is 9.84 Å². The fourth-order valence-electron chi connectivity index (χ4n) is 1.43. The summed E-state index contributed by atoms with van der Waals surface area (Å²) in [7, 11) is 1.72. The third-order valence-electron chi connectivity index (χ3n) is 2.40. The van der Waals surface area contributed by atoms with Crippen molar-refractivity contribution in [1.29, 1.82) is 0 Å². The lowest BCUT2D eigenvalue weighted by Gasteiger charge is -2.19. The number of likely N-dealkylation sites (N-methyl/N-ethyl adjacent to an activating group) is 1. The third kappa shape index (κ3) is 4.32. The summed E-state index contributed by atoms with van der Waals surface area (Å²) in [6, 6.07) is 7.34. The van der Waals surface area contributed by atoms with Crippen molar-refractivity contribution in [2.75, 3.05) is 26.8 Å². The Labute approximate surface area is 91.3 Å². The second-order valence-electron chi connectivity index (χ2n) is 3.53. The second-order valence-corrected chi connectivity index (χ2v) is 3.53. The Morgan fingerprint density at radius 3 is 2.47 bits per heavy atom. The lowest BCUT2D eigenvalue weighted by molar-refractivity contribution is 0.147. The Balaban J connectivity index is 2.47. The minimum absolute atomic E-state index is 0.318. The van der Waals surface area contributed by atoms with E-state index in [0.29, 0.717) is 5.75 Å². The van der Waals surface area contributed by atoms with Gasteiger partial charge in [0.15, 0.2) is 0 Å². The average Bonchev–Trinajstić information content (AvgIpc) is 2.27. The predicted molar refractivity (Wildman–Crippen MR) is 60.9 cm³/mol. The van der Waals surface area contributed by atoms with Gasteiger partial charge in [-0.1, -0.05) is 19.1 Å². The fourth-order valence-corrected chi connectivity index (χ4v) is 1.43. The summed E-state index contributed by atoms with van der Waals surface area (Å²) in [5.41, 5.74) is 1.21. The van der Waals surface area contributed by atoms with E-state index in [0.717, 1.165) is 26.2 Å². The maximum atomic E-state index is 9.16. The molecule has 1 rings (SSSR count). The molecule has 84 valence electrons. The summed E-state index contributed by atoms with van der Waals surface area (Å²) < 4.78 is 5.05. The number of hydrogen-bond donors (Lipinski definition) is 1. The van der Waals surface area contributed by atoms with Gasteiger partial charge >= 0.3 is 0 Å². The highest BCUT2D eigenvalue weighted by atomic mass is 16.5. The zero-order valence-corrected chi connectivity index (χ0v) is 9.44. The molecule has 0 saturated heterocycles. The maximum absolute atomic E-state index is 9.16. The van der Waals surface area contributed by atoms with Gasteiger partial charge in [0.2, 0.25) is 0 Å². The van der Waals surface area contributed by atoms with Crippen LogP contribution in [0.1, 0.15) is 12.5 Å². The molecule has 3 nitrogen and oxygen atoms in total. The van der Waals surface area contributed by atoms with E-state index in [1.807, 2.05) is 12.1 Å². The molecule has 0 aliphatic rings. The van der Waals surface area contributed by atoms with Crippen molar-refractivity contribution in [1.82, 2.24) is 4.90 Å². The summed E-state index contributed by atoms with van der Waals surface area (Å²) in [5.74, 6) is 0.318. The number of phenolic OH excluding ortho intramolecular Hbond substituents is 1. The van der Waals surface area contributed by atoms with E-state index < -0.39 is 0 Å². The molecule has 3 heteroatoms. The van der Waals surface area contributed by atoms with Gasteiger partial charge in [-0.3, -0.25) is 4.90 Å². The first kappa shape index (κ1) is 12.0. The predicted octanol–water partition coefficient (Wildman–Crippen LogP) is 1.86. The van der Waals surface area contributed by atoms with E-state index in [4.69, 9.17) is 9.84 Å². The maximum Gasteiger partial charge on any atom is 0.115 e. The quantitative estimate of drug-likeness (QED) is 0.776. The van der Waals surface area contributed by atoms with Gasteiger partial charge in [0.25, 0.3) is 0 Å². The monoisotopic (exact) mass is 209 g/mol. The van der Waals surface area contributed by atoms with E-state index in [1.54, 1.807) is 19.2 Å². The Kier molecular flexibility index (Phi) is 5.15. The molecular weight excluding hydrogens is 190 g/mol. The Hall–Kier alpha value is -1.06. The highest BCUT2D eigenvalue weighted by Gasteiger charge is 2.02. The van der Waals surface area contributed by atoms with Crippen LogP contribution in [-0.4, -0.2) is 36.8 Å². The summed E-state index contributed by atoms with van der Waals surface area (Å²) in [5, 5.41) is 9.16. The Morgan fingerprint density at radius 2 is 1.93 bits per heavy atom. The van der Waals surface area contributed by atoms with Crippen LogP contribution in [0.25, 0.3) is 0 Å². The molecule has 0 radical (unpaired) electrons. The van der Waals surface area contributed by atoms with Crippen LogP contribution in [0, 0.1) is 0 Å². The molecule has 0 aliphatic heterocycles. The van der Waals surface area contributed by atoms with Crippen molar-refractivity contribution in [3.63, 3.8) is 0 Å². The second kappa shape index (κ2) is 6.43. The lowest BCUT2D eigenvalue weighted by Crippen LogP contribution is -2.26. The molecule has 0 unspecified atom stereocenters. The number of nitrogens with zero attached hydrogens (tertiary/aromatic N) is 1. The molecule has 0 heterocycles. The first-order chi connectivity index (χ1) is 7.26. The van der Waals surface area contributed by atoms with Gasteiger partial charge in [-0.2, -0.15) is 0 Å². The van der Waals surface area contributed by atoms with Crippen molar-refractivity contribution in [3.8, 4) is 5.75 Å². The first-order valence-corrected chi connectivity index (χ1v) is 5.25. The molecule has 0 spiro atoms. The molecule has 0 saturated carbocycles. The summed E-state index contributed by atoms with van der Waals surface area (Å²) in [6.45, 7) is 5.74. The topological polar surface area (TPSA) is 32.7 Å². The van der Waals surface area contributed by atoms with Gasteiger partial charge in [-0.15, -0.1) is 0 Å². The Morgan fingerprint density at radius 1 is 1.27 bits per heavy atom. The largest absolute Gasteiger partial charge is 0.508 e. The smallest absolute Gasteiger partial charge is 0.115 e. The highest BCUT2D eigenvalue weighted by Crippen LogP contribution is 2.11. The summed E-state index contributed by atoms with van der Waals surface area (Å²) >= 11 is 0. The van der Waals surface area contributed by atoms with E-state index in [1.165, 1.54) is 5.56 Å². The van der Waals surface area contributed by atoms with Crippen molar-refractivity contribution >= 4 is 0 Å². The van der Waals surface area contributed by atoms with Gasteiger partial charge in [-0.25, -0.2) is 0 Å². The molecule has 0 atom stereocenters. The molecule has 0 aliphatic carbocycles. The molecule has 0 amide bonds. The van der Waals surface area contributed by atoms with Crippen LogP contribution in [0.2, 0.25) is 0 Å². The van der Waals surface area contributed by atoms with Gasteiger partial charge in [0, 0.05) is 20.2 Å². The summed E-state index contributed by atoms with van der Waals surface area (Å²) in [6.07, 6.45) is 0. The minimum atomic E-state index is 0.318. The number of rotatable bonds is 6. The standard InChI is InChI=1S/C12H19NO2/c1-3-13(8-9-15-2)10-11-4-6-12(14)7-5-11/h4-7,14H,3,8-10H2,1-2H3. The number of benzene rings is 1. The number of phenols is 1. The van der Waals surface area contributed by atoms with Gasteiger partial charge in [-0.05, 0) is 24.2 Å². The zero-order chi connectivity index (χ0) is 11.1. The number of ether oxygens (including phenoxy) is 1. The number of aromatic hydroxyl groups is 1. The fraction of sp³-hybridized carbons (Fsp3) is 0.500. The van der Waals surface area contributed by atoms with Gasteiger partial charge in [0.1, 0.15) is 5.75 Å². The number of methoxy groups -OCH3 is 1. The van der Waals surface area contributed by atoms with E-state index in [-0.39, 0.29) is 0 Å². The minimum Gasteiger partial charge on any atom is -0.508 e. The van der Waals surface area contributed by atoms with Crippen LogP contribution in [-0.2, 0) is 11.3 Å². The van der Waals surface area contributed by atoms with E-state index in [2.05, 4.69) is 11.8 Å². The van der Waals surface area contributed by atoms with Crippen molar-refractivity contribution in [2.24, 2.45) is 0 Å². The van der Waals surface area contributed by atoms with Gasteiger partial charge in [0.05, 0.1) is 6.61 Å². The van der Waals surface area contributed by atoms with E-state index >= 15 is 0 Å². The van der Waals surface area contributed by atoms with Crippen LogP contribution in [0.5, 0.6) is 5.75 Å². The molecule has 1 aromatic rings. The van der Waals surface area contributed by atoms with Crippen LogP contribution in [0.4, 0.5) is 0 Å². The molecule has 1 aromatic carbocycles. The van der Waals surface area contributed by atoms with Crippen LogP contribution in [0.3, 0.4) is 0 Å². The third-order valence-corrected chi connectivity index (χ3v) is 2.40. The highest BCUT2D eigenvalue weighted by molar-refractivity contribution is 5.25. The van der Waals surface area contributed by atoms with E-state index in [9.17, 15) is 0 Å². The molecule has 1 N–H and O–H groups in total.